The van der Waals surface area contributed by atoms with E-state index < -0.39 is 0 Å². The molecule has 0 spiro atoms. The molecule has 16 heavy (non-hydrogen) atoms. The van der Waals surface area contributed by atoms with Crippen LogP contribution in [-0.2, 0) is 6.54 Å². The summed E-state index contributed by atoms with van der Waals surface area (Å²) in [5, 5.41) is 3.14. The first-order chi connectivity index (χ1) is 7.85. The molecule has 0 aliphatic carbocycles. The van der Waals surface area contributed by atoms with Crippen molar-refractivity contribution in [2.24, 2.45) is 0 Å². The SMILES string of the molecule is CCCn1ccnc1-c1cccc(NC)c1. The number of hydrogen-bond donors (Lipinski definition) is 1. The number of aromatic nitrogens is 2. The van der Waals surface area contributed by atoms with Gasteiger partial charge in [0.05, 0.1) is 0 Å². The highest BCUT2D eigenvalue weighted by atomic mass is 15.1. The largest absolute Gasteiger partial charge is 0.388 e. The van der Waals surface area contributed by atoms with E-state index in [1.807, 2.05) is 25.5 Å². The first-order valence-corrected chi connectivity index (χ1v) is 5.64. The topological polar surface area (TPSA) is 29.9 Å². The molecule has 0 fully saturated rings. The van der Waals surface area contributed by atoms with Crippen molar-refractivity contribution in [1.82, 2.24) is 9.55 Å². The molecule has 0 saturated carbocycles. The predicted octanol–water partition coefficient (Wildman–Crippen LogP) is 3.00. The number of benzene rings is 1. The summed E-state index contributed by atoms with van der Waals surface area (Å²) >= 11 is 0. The number of imidazole rings is 1. The van der Waals surface area contributed by atoms with Crippen LogP contribution in [0.4, 0.5) is 5.69 Å². The van der Waals surface area contributed by atoms with E-state index in [1.165, 1.54) is 0 Å². The molecule has 0 aliphatic rings. The van der Waals surface area contributed by atoms with E-state index in [1.54, 1.807) is 0 Å². The molecule has 1 N–H and O–H groups in total. The zero-order valence-electron chi connectivity index (χ0n) is 9.77. The lowest BCUT2D eigenvalue weighted by atomic mass is 10.2. The predicted molar refractivity (Wildman–Crippen MR) is 67.5 cm³/mol. The number of nitrogens with zero attached hydrogens (tertiary/aromatic N) is 2. The van der Waals surface area contributed by atoms with Gasteiger partial charge in [0.1, 0.15) is 5.82 Å². The van der Waals surface area contributed by atoms with Crippen LogP contribution in [0.2, 0.25) is 0 Å². The van der Waals surface area contributed by atoms with Gasteiger partial charge in [-0.2, -0.15) is 0 Å². The van der Waals surface area contributed by atoms with E-state index in [9.17, 15) is 0 Å². The summed E-state index contributed by atoms with van der Waals surface area (Å²) in [7, 11) is 1.93. The molecule has 1 aromatic heterocycles. The van der Waals surface area contributed by atoms with Crippen LogP contribution in [0.15, 0.2) is 36.7 Å². The van der Waals surface area contributed by atoms with Crippen molar-refractivity contribution in [2.45, 2.75) is 19.9 Å². The lowest BCUT2D eigenvalue weighted by Crippen LogP contribution is -1.98. The van der Waals surface area contributed by atoms with Crippen LogP contribution >= 0.6 is 0 Å². The number of anilines is 1. The Morgan fingerprint density at radius 3 is 3.00 bits per heavy atom. The average Bonchev–Trinajstić information content (AvgIpc) is 2.78. The monoisotopic (exact) mass is 215 g/mol. The Morgan fingerprint density at radius 1 is 1.38 bits per heavy atom. The summed E-state index contributed by atoms with van der Waals surface area (Å²) in [5.74, 6) is 1.04. The Morgan fingerprint density at radius 2 is 2.25 bits per heavy atom. The van der Waals surface area contributed by atoms with Crippen LogP contribution in [-0.4, -0.2) is 16.6 Å². The van der Waals surface area contributed by atoms with E-state index in [0.717, 1.165) is 30.0 Å². The van der Waals surface area contributed by atoms with E-state index in [2.05, 4.69) is 40.0 Å². The summed E-state index contributed by atoms with van der Waals surface area (Å²) in [6.07, 6.45) is 5.01. The molecule has 0 aliphatic heterocycles. The third kappa shape index (κ3) is 2.08. The maximum absolute atomic E-state index is 4.42. The normalized spacial score (nSPS) is 10.4. The smallest absolute Gasteiger partial charge is 0.139 e. The van der Waals surface area contributed by atoms with E-state index in [4.69, 9.17) is 0 Å². The summed E-state index contributed by atoms with van der Waals surface area (Å²) in [6.45, 7) is 3.19. The third-order valence-electron chi connectivity index (χ3n) is 2.59. The van der Waals surface area contributed by atoms with Gasteiger partial charge in [0.15, 0.2) is 0 Å². The maximum atomic E-state index is 4.42. The second-order valence-corrected chi connectivity index (χ2v) is 3.78. The van der Waals surface area contributed by atoms with Gasteiger partial charge >= 0.3 is 0 Å². The summed E-state index contributed by atoms with van der Waals surface area (Å²) < 4.78 is 2.19. The minimum atomic E-state index is 1.01. The molecular weight excluding hydrogens is 198 g/mol. The van der Waals surface area contributed by atoms with Crippen LogP contribution < -0.4 is 5.32 Å². The molecule has 0 radical (unpaired) electrons. The number of hydrogen-bond acceptors (Lipinski definition) is 2. The second-order valence-electron chi connectivity index (χ2n) is 3.78. The Labute approximate surface area is 96.1 Å². The Balaban J connectivity index is 2.37. The molecule has 0 unspecified atom stereocenters. The van der Waals surface area contributed by atoms with E-state index >= 15 is 0 Å². The molecule has 3 heteroatoms. The molecule has 84 valence electrons. The van der Waals surface area contributed by atoms with Crippen LogP contribution in [0, 0.1) is 0 Å². The minimum Gasteiger partial charge on any atom is -0.388 e. The van der Waals surface area contributed by atoms with Crippen molar-refractivity contribution < 1.29 is 0 Å². The maximum Gasteiger partial charge on any atom is 0.139 e. The summed E-state index contributed by atoms with van der Waals surface area (Å²) in [5.41, 5.74) is 2.27. The number of aryl methyl sites for hydroxylation is 1. The van der Waals surface area contributed by atoms with Crippen LogP contribution in [0.3, 0.4) is 0 Å². The fourth-order valence-electron chi connectivity index (χ4n) is 1.80. The zero-order valence-corrected chi connectivity index (χ0v) is 9.77. The highest BCUT2D eigenvalue weighted by Crippen LogP contribution is 2.21. The van der Waals surface area contributed by atoms with Crippen molar-refractivity contribution >= 4 is 5.69 Å². The molecule has 3 nitrogen and oxygen atoms in total. The van der Waals surface area contributed by atoms with Gasteiger partial charge in [-0.05, 0) is 18.6 Å². The molecule has 0 bridgehead atoms. The lowest BCUT2D eigenvalue weighted by Gasteiger charge is -2.07. The molecule has 0 amide bonds. The van der Waals surface area contributed by atoms with Gasteiger partial charge < -0.3 is 9.88 Å². The number of nitrogens with one attached hydrogen (secondary N) is 1. The Bertz CT molecular complexity index is 460. The standard InChI is InChI=1S/C13H17N3/c1-3-8-16-9-7-15-13(16)11-5-4-6-12(10-11)14-2/h4-7,9-10,14H,3,8H2,1-2H3. The van der Waals surface area contributed by atoms with Gasteiger partial charge in [0.2, 0.25) is 0 Å². The van der Waals surface area contributed by atoms with Crippen molar-refractivity contribution in [3.63, 3.8) is 0 Å². The van der Waals surface area contributed by atoms with Gasteiger partial charge in [-0.3, -0.25) is 0 Å². The number of rotatable bonds is 4. The first-order valence-electron chi connectivity index (χ1n) is 5.64. The minimum absolute atomic E-state index is 1.01. The summed E-state index contributed by atoms with van der Waals surface area (Å²) in [6, 6.07) is 8.31. The molecule has 1 aromatic carbocycles. The highest BCUT2D eigenvalue weighted by Gasteiger charge is 2.05. The van der Waals surface area contributed by atoms with Crippen molar-refractivity contribution in [2.75, 3.05) is 12.4 Å². The van der Waals surface area contributed by atoms with Gasteiger partial charge in [0, 0.05) is 37.2 Å². The molecule has 2 aromatic rings. The fraction of sp³-hybridized carbons (Fsp3) is 0.308. The highest BCUT2D eigenvalue weighted by molar-refractivity contribution is 5.62. The average molecular weight is 215 g/mol. The second kappa shape index (κ2) is 4.84. The lowest BCUT2D eigenvalue weighted by molar-refractivity contribution is 0.685. The van der Waals surface area contributed by atoms with Crippen molar-refractivity contribution in [1.29, 1.82) is 0 Å². The fourth-order valence-corrected chi connectivity index (χ4v) is 1.80. The van der Waals surface area contributed by atoms with Gasteiger partial charge in [-0.25, -0.2) is 4.98 Å². The quantitative estimate of drug-likeness (QED) is 0.849. The van der Waals surface area contributed by atoms with E-state index in [-0.39, 0.29) is 0 Å². The van der Waals surface area contributed by atoms with Crippen LogP contribution in [0.5, 0.6) is 0 Å². The molecule has 2 rings (SSSR count). The molecule has 0 atom stereocenters. The van der Waals surface area contributed by atoms with Gasteiger partial charge in [-0.15, -0.1) is 0 Å². The van der Waals surface area contributed by atoms with Gasteiger partial charge in [-0.1, -0.05) is 19.1 Å². The van der Waals surface area contributed by atoms with Crippen molar-refractivity contribution in [3.8, 4) is 11.4 Å². The molecule has 1 heterocycles. The third-order valence-corrected chi connectivity index (χ3v) is 2.59. The Hall–Kier alpha value is -1.77. The van der Waals surface area contributed by atoms with Crippen LogP contribution in [0.1, 0.15) is 13.3 Å². The van der Waals surface area contributed by atoms with Crippen molar-refractivity contribution in [3.05, 3.63) is 36.7 Å². The first kappa shape index (κ1) is 10.7. The van der Waals surface area contributed by atoms with Crippen LogP contribution in [0.25, 0.3) is 11.4 Å². The summed E-state index contributed by atoms with van der Waals surface area (Å²) in [4.78, 5) is 4.42. The molecule has 0 saturated heterocycles. The molecular formula is C13H17N3. The Kier molecular flexibility index (Phi) is 3.25. The zero-order chi connectivity index (χ0) is 11.4. The van der Waals surface area contributed by atoms with Gasteiger partial charge in [0.25, 0.3) is 0 Å². The van der Waals surface area contributed by atoms with E-state index in [0.29, 0.717) is 0 Å².